The zero-order valence-electron chi connectivity index (χ0n) is 17.3. The highest BCUT2D eigenvalue weighted by atomic mass is 16.4. The largest absolute Gasteiger partial charge is 0.481 e. The maximum atomic E-state index is 10.7. The highest BCUT2D eigenvalue weighted by molar-refractivity contribution is 5.83. The van der Waals surface area contributed by atoms with Crippen LogP contribution in [0, 0.1) is 0 Å². The van der Waals surface area contributed by atoms with Crippen molar-refractivity contribution in [3.05, 3.63) is 72.3 Å². The summed E-state index contributed by atoms with van der Waals surface area (Å²) in [4.78, 5) is 18.3. The number of aromatic nitrogens is 1. The molecule has 0 unspecified atom stereocenters. The van der Waals surface area contributed by atoms with Gasteiger partial charge in [-0.1, -0.05) is 67.1 Å². The van der Waals surface area contributed by atoms with E-state index in [4.69, 9.17) is 10.1 Å². The van der Waals surface area contributed by atoms with Gasteiger partial charge in [0.15, 0.2) is 0 Å². The van der Waals surface area contributed by atoms with Crippen LogP contribution < -0.4 is 4.90 Å². The molecule has 4 rings (SSSR count). The molecule has 0 atom stereocenters. The van der Waals surface area contributed by atoms with Gasteiger partial charge in [-0.05, 0) is 42.9 Å². The van der Waals surface area contributed by atoms with Crippen molar-refractivity contribution in [1.82, 2.24) is 4.98 Å². The second kappa shape index (κ2) is 9.57. The first-order chi connectivity index (χ1) is 14.7. The van der Waals surface area contributed by atoms with E-state index in [1.54, 1.807) is 0 Å². The maximum absolute atomic E-state index is 10.7. The van der Waals surface area contributed by atoms with Crippen LogP contribution in [-0.4, -0.2) is 29.1 Å². The van der Waals surface area contributed by atoms with E-state index in [0.29, 0.717) is 0 Å². The number of benzene rings is 2. The summed E-state index contributed by atoms with van der Waals surface area (Å²) in [6, 6.07) is 23.2. The Morgan fingerprint density at radius 2 is 1.63 bits per heavy atom. The van der Waals surface area contributed by atoms with Gasteiger partial charge in [0.25, 0.3) is 0 Å². The van der Waals surface area contributed by atoms with Crippen LogP contribution >= 0.6 is 0 Å². The Balaban J connectivity index is 1.65. The van der Waals surface area contributed by atoms with Crippen LogP contribution in [-0.2, 0) is 11.2 Å². The lowest BCUT2D eigenvalue weighted by Crippen LogP contribution is -2.31. The lowest BCUT2D eigenvalue weighted by Gasteiger charge is -2.31. The van der Waals surface area contributed by atoms with Gasteiger partial charge in [-0.25, -0.2) is 4.98 Å². The van der Waals surface area contributed by atoms with Crippen molar-refractivity contribution in [3.8, 4) is 22.4 Å². The first kappa shape index (κ1) is 20.1. The molecule has 154 valence electrons. The smallest absolute Gasteiger partial charge is 0.303 e. The molecular formula is C26H28N2O2. The van der Waals surface area contributed by atoms with Crippen molar-refractivity contribution in [2.24, 2.45) is 0 Å². The Hall–Kier alpha value is -3.14. The fourth-order valence-corrected chi connectivity index (χ4v) is 4.20. The second-order valence-electron chi connectivity index (χ2n) is 7.89. The molecule has 1 aromatic heterocycles. The van der Waals surface area contributed by atoms with E-state index in [2.05, 4.69) is 59.5 Å². The van der Waals surface area contributed by atoms with Gasteiger partial charge in [0.2, 0.25) is 0 Å². The summed E-state index contributed by atoms with van der Waals surface area (Å²) >= 11 is 0. The van der Waals surface area contributed by atoms with Gasteiger partial charge in [-0.3, -0.25) is 4.79 Å². The normalized spacial score (nSPS) is 13.1. The second-order valence-corrected chi connectivity index (χ2v) is 7.89. The van der Waals surface area contributed by atoms with Crippen LogP contribution in [0.2, 0.25) is 0 Å². The number of unbranched alkanes of at least 4 members (excludes halogenated alkanes) is 2. The van der Waals surface area contributed by atoms with Crippen LogP contribution in [0.5, 0.6) is 0 Å². The van der Waals surface area contributed by atoms with E-state index in [0.717, 1.165) is 62.3 Å². The molecule has 1 aliphatic heterocycles. The molecule has 0 amide bonds. The molecule has 30 heavy (non-hydrogen) atoms. The number of carbonyl (C=O) groups is 1. The zero-order valence-corrected chi connectivity index (χ0v) is 17.3. The fourth-order valence-electron chi connectivity index (χ4n) is 4.20. The first-order valence-electron chi connectivity index (χ1n) is 10.8. The standard InChI is InChI=1S/C26H28N2O2/c29-24(30)16-8-3-9-17-28-18-10-15-22-19-23(20-11-4-1-5-12-20)25(27-26(22)28)21-13-6-2-7-14-21/h1-2,4-7,11-14,19H,3,8-10,15-18H2,(H,29,30). The maximum Gasteiger partial charge on any atom is 0.303 e. The van der Waals surface area contributed by atoms with Crippen molar-refractivity contribution in [1.29, 1.82) is 0 Å². The molecule has 0 bridgehead atoms. The minimum absolute atomic E-state index is 0.257. The number of carboxylic acid groups (broad SMARTS) is 1. The predicted octanol–water partition coefficient (Wildman–Crippen LogP) is 5.81. The highest BCUT2D eigenvalue weighted by Crippen LogP contribution is 2.37. The number of anilines is 1. The average molecular weight is 401 g/mol. The molecule has 2 aromatic carbocycles. The first-order valence-corrected chi connectivity index (χ1v) is 10.8. The average Bonchev–Trinajstić information content (AvgIpc) is 2.79. The van der Waals surface area contributed by atoms with Gasteiger partial charge in [0.05, 0.1) is 5.69 Å². The molecule has 1 aliphatic rings. The van der Waals surface area contributed by atoms with Gasteiger partial charge in [0, 0.05) is 30.6 Å². The lowest BCUT2D eigenvalue weighted by molar-refractivity contribution is -0.137. The SMILES string of the molecule is O=C(O)CCCCCN1CCCc2cc(-c3ccccc3)c(-c3ccccc3)nc21. The predicted molar refractivity (Wildman–Crippen MR) is 122 cm³/mol. The van der Waals surface area contributed by atoms with Crippen molar-refractivity contribution in [2.75, 3.05) is 18.0 Å². The number of hydrogen-bond acceptors (Lipinski definition) is 3. The third kappa shape index (κ3) is 4.70. The van der Waals surface area contributed by atoms with Crippen LogP contribution in [0.15, 0.2) is 66.7 Å². The third-order valence-electron chi connectivity index (χ3n) is 5.70. The summed E-state index contributed by atoms with van der Waals surface area (Å²) in [6.45, 7) is 1.94. The summed E-state index contributed by atoms with van der Waals surface area (Å²) < 4.78 is 0. The van der Waals surface area contributed by atoms with Crippen LogP contribution in [0.3, 0.4) is 0 Å². The number of carboxylic acids is 1. The molecule has 0 fully saturated rings. The number of aliphatic carboxylic acids is 1. The number of rotatable bonds is 8. The number of fused-ring (bicyclic) bond motifs is 1. The van der Waals surface area contributed by atoms with E-state index in [9.17, 15) is 4.79 Å². The number of hydrogen-bond donors (Lipinski definition) is 1. The summed E-state index contributed by atoms with van der Waals surface area (Å²) in [5, 5.41) is 8.83. The molecule has 2 heterocycles. The van der Waals surface area contributed by atoms with E-state index in [1.807, 2.05) is 12.1 Å². The summed E-state index contributed by atoms with van der Waals surface area (Å²) in [5.41, 5.74) is 5.84. The van der Waals surface area contributed by atoms with E-state index in [-0.39, 0.29) is 6.42 Å². The van der Waals surface area contributed by atoms with Crippen molar-refractivity contribution in [2.45, 2.75) is 38.5 Å². The Kier molecular flexibility index (Phi) is 6.43. The van der Waals surface area contributed by atoms with Crippen molar-refractivity contribution >= 4 is 11.8 Å². The molecule has 0 spiro atoms. The minimum atomic E-state index is -0.707. The van der Waals surface area contributed by atoms with E-state index in [1.165, 1.54) is 16.7 Å². The summed E-state index contributed by atoms with van der Waals surface area (Å²) in [7, 11) is 0. The monoisotopic (exact) mass is 400 g/mol. The molecule has 1 N–H and O–H groups in total. The highest BCUT2D eigenvalue weighted by Gasteiger charge is 2.22. The third-order valence-corrected chi connectivity index (χ3v) is 5.70. The molecule has 0 saturated heterocycles. The van der Waals surface area contributed by atoms with Crippen LogP contribution in [0.4, 0.5) is 5.82 Å². The van der Waals surface area contributed by atoms with Crippen molar-refractivity contribution in [3.63, 3.8) is 0 Å². The van der Waals surface area contributed by atoms with Gasteiger partial charge < -0.3 is 10.0 Å². The Labute approximate surface area is 178 Å². The quantitative estimate of drug-likeness (QED) is 0.485. The van der Waals surface area contributed by atoms with Gasteiger partial charge >= 0.3 is 5.97 Å². The molecule has 0 aliphatic carbocycles. The summed E-state index contributed by atoms with van der Waals surface area (Å²) in [6.07, 6.45) is 5.11. The molecule has 4 nitrogen and oxygen atoms in total. The molecular weight excluding hydrogens is 372 g/mol. The topological polar surface area (TPSA) is 53.4 Å². The van der Waals surface area contributed by atoms with Crippen LogP contribution in [0.1, 0.15) is 37.7 Å². The van der Waals surface area contributed by atoms with Gasteiger partial charge in [-0.2, -0.15) is 0 Å². The molecule has 0 saturated carbocycles. The van der Waals surface area contributed by atoms with E-state index >= 15 is 0 Å². The summed E-state index contributed by atoms with van der Waals surface area (Å²) in [5.74, 6) is 0.388. The minimum Gasteiger partial charge on any atom is -0.481 e. The Morgan fingerprint density at radius 1 is 0.933 bits per heavy atom. The number of pyridine rings is 1. The Bertz CT molecular complexity index is 987. The lowest BCUT2D eigenvalue weighted by atomic mass is 9.94. The molecule has 3 aromatic rings. The number of aryl methyl sites for hydroxylation is 1. The fraction of sp³-hybridized carbons (Fsp3) is 0.308. The Morgan fingerprint density at radius 3 is 2.33 bits per heavy atom. The van der Waals surface area contributed by atoms with Crippen LogP contribution in [0.25, 0.3) is 22.4 Å². The molecule has 0 radical (unpaired) electrons. The number of nitrogens with zero attached hydrogens (tertiary/aromatic N) is 2. The van der Waals surface area contributed by atoms with Crippen molar-refractivity contribution < 1.29 is 9.90 Å². The molecule has 4 heteroatoms. The van der Waals surface area contributed by atoms with Gasteiger partial charge in [0.1, 0.15) is 5.82 Å². The van der Waals surface area contributed by atoms with E-state index < -0.39 is 5.97 Å². The zero-order chi connectivity index (χ0) is 20.8. The van der Waals surface area contributed by atoms with Gasteiger partial charge in [-0.15, -0.1) is 0 Å².